The molecule has 0 saturated carbocycles. The van der Waals surface area contributed by atoms with Gasteiger partial charge in [-0.25, -0.2) is 9.59 Å². The van der Waals surface area contributed by atoms with Gasteiger partial charge in [0.05, 0.1) is 17.9 Å². The van der Waals surface area contributed by atoms with Crippen LogP contribution in [0.25, 0.3) is 0 Å². The van der Waals surface area contributed by atoms with Gasteiger partial charge in [-0.05, 0) is 56.4 Å². The van der Waals surface area contributed by atoms with Crippen LogP contribution in [0.5, 0.6) is 0 Å². The molecule has 3 N–H and O–H groups in total. The SMILES string of the molecule is CCOC(=O)c1c(NC(=O)CSc2cccc(NC(=O)/C=C/C(=O)O)c2)sc2c1CCCCC2. The number of carbonyl (C=O) groups is 4. The lowest BCUT2D eigenvalue weighted by Gasteiger charge is -2.09. The Kier molecular flexibility index (Phi) is 9.29. The Morgan fingerprint density at radius 1 is 1.12 bits per heavy atom. The maximum Gasteiger partial charge on any atom is 0.341 e. The molecular formula is C24H26N2O6S2. The molecule has 34 heavy (non-hydrogen) atoms. The number of ether oxygens (including phenoxy) is 1. The van der Waals surface area contributed by atoms with Crippen molar-refractivity contribution in [3.63, 3.8) is 0 Å². The van der Waals surface area contributed by atoms with Crippen molar-refractivity contribution in [2.24, 2.45) is 0 Å². The van der Waals surface area contributed by atoms with Gasteiger partial charge in [-0.15, -0.1) is 23.1 Å². The summed E-state index contributed by atoms with van der Waals surface area (Å²) in [5.74, 6) is -2.30. The summed E-state index contributed by atoms with van der Waals surface area (Å²) >= 11 is 2.74. The maximum atomic E-state index is 12.7. The molecule has 2 amide bonds. The average molecular weight is 503 g/mol. The molecule has 0 aliphatic heterocycles. The van der Waals surface area contributed by atoms with Gasteiger partial charge in [-0.1, -0.05) is 12.5 Å². The molecule has 1 heterocycles. The van der Waals surface area contributed by atoms with Gasteiger partial charge in [0.15, 0.2) is 0 Å². The topological polar surface area (TPSA) is 122 Å². The van der Waals surface area contributed by atoms with E-state index in [1.165, 1.54) is 23.1 Å². The van der Waals surface area contributed by atoms with Crippen LogP contribution < -0.4 is 10.6 Å². The lowest BCUT2D eigenvalue weighted by molar-refractivity contribution is -0.131. The number of rotatable bonds is 9. The number of thioether (sulfide) groups is 1. The summed E-state index contributed by atoms with van der Waals surface area (Å²) in [6, 6.07) is 6.90. The molecule has 0 saturated heterocycles. The summed E-state index contributed by atoms with van der Waals surface area (Å²) in [5, 5.41) is 14.6. The van der Waals surface area contributed by atoms with Gasteiger partial charge in [0, 0.05) is 27.6 Å². The highest BCUT2D eigenvalue weighted by molar-refractivity contribution is 8.00. The molecule has 8 nitrogen and oxygen atoms in total. The number of benzene rings is 1. The number of anilines is 2. The number of esters is 1. The smallest absolute Gasteiger partial charge is 0.341 e. The van der Waals surface area contributed by atoms with Crippen molar-refractivity contribution < 1.29 is 29.0 Å². The Hall–Kier alpha value is -3.11. The van der Waals surface area contributed by atoms with Crippen LogP contribution in [0.3, 0.4) is 0 Å². The van der Waals surface area contributed by atoms with E-state index in [9.17, 15) is 19.2 Å². The number of amides is 2. The number of nitrogens with one attached hydrogen (secondary N) is 2. The average Bonchev–Trinajstić information content (AvgIpc) is 2.97. The fourth-order valence-corrected chi connectivity index (χ4v) is 5.60. The molecular weight excluding hydrogens is 476 g/mol. The van der Waals surface area contributed by atoms with Crippen molar-refractivity contribution in [3.8, 4) is 0 Å². The number of thiophene rings is 1. The van der Waals surface area contributed by atoms with Gasteiger partial charge >= 0.3 is 11.9 Å². The molecule has 10 heteroatoms. The first-order chi connectivity index (χ1) is 16.4. The summed E-state index contributed by atoms with van der Waals surface area (Å²) in [5.41, 5.74) is 1.97. The summed E-state index contributed by atoms with van der Waals surface area (Å²) in [6.07, 6.45) is 6.60. The maximum absolute atomic E-state index is 12.7. The molecule has 1 aliphatic rings. The third-order valence-corrected chi connectivity index (χ3v) is 7.20. The van der Waals surface area contributed by atoms with E-state index in [0.717, 1.165) is 59.6 Å². The highest BCUT2D eigenvalue weighted by atomic mass is 32.2. The zero-order valence-electron chi connectivity index (χ0n) is 18.7. The minimum atomic E-state index is -1.21. The highest BCUT2D eigenvalue weighted by Crippen LogP contribution is 2.38. The Balaban J connectivity index is 1.65. The first-order valence-corrected chi connectivity index (χ1v) is 12.7. The minimum Gasteiger partial charge on any atom is -0.478 e. The van der Waals surface area contributed by atoms with Gasteiger partial charge in [0.25, 0.3) is 0 Å². The normalized spacial score (nSPS) is 13.1. The van der Waals surface area contributed by atoms with E-state index in [2.05, 4.69) is 10.6 Å². The summed E-state index contributed by atoms with van der Waals surface area (Å²) < 4.78 is 5.26. The second-order valence-electron chi connectivity index (χ2n) is 7.51. The Morgan fingerprint density at radius 3 is 2.68 bits per heavy atom. The number of hydrogen-bond donors (Lipinski definition) is 3. The number of hydrogen-bond acceptors (Lipinski definition) is 7. The van der Waals surface area contributed by atoms with E-state index in [1.807, 2.05) is 0 Å². The largest absolute Gasteiger partial charge is 0.478 e. The Bertz CT molecular complexity index is 1110. The number of carboxylic acids is 1. The zero-order chi connectivity index (χ0) is 24.5. The van der Waals surface area contributed by atoms with Crippen molar-refractivity contribution in [3.05, 3.63) is 52.4 Å². The molecule has 1 aromatic heterocycles. The van der Waals surface area contributed by atoms with Crippen molar-refractivity contribution in [2.75, 3.05) is 23.0 Å². The molecule has 180 valence electrons. The quantitative estimate of drug-likeness (QED) is 0.200. The summed E-state index contributed by atoms with van der Waals surface area (Å²) in [4.78, 5) is 49.5. The van der Waals surface area contributed by atoms with Crippen LogP contribution in [-0.4, -0.2) is 41.2 Å². The fraction of sp³-hybridized carbons (Fsp3) is 0.333. The second-order valence-corrected chi connectivity index (χ2v) is 9.67. The van der Waals surface area contributed by atoms with E-state index in [-0.39, 0.29) is 18.3 Å². The Labute approximate surface area is 205 Å². The molecule has 0 atom stereocenters. The first kappa shape index (κ1) is 25.5. The predicted molar refractivity (Wildman–Crippen MR) is 133 cm³/mol. The van der Waals surface area contributed by atoms with Gasteiger partial charge in [-0.2, -0.15) is 0 Å². The second kappa shape index (κ2) is 12.4. The summed E-state index contributed by atoms with van der Waals surface area (Å²) in [7, 11) is 0. The van der Waals surface area contributed by atoms with E-state index < -0.39 is 17.8 Å². The summed E-state index contributed by atoms with van der Waals surface area (Å²) in [6.45, 7) is 2.03. The lowest BCUT2D eigenvalue weighted by atomic mass is 10.1. The Morgan fingerprint density at radius 2 is 1.91 bits per heavy atom. The van der Waals surface area contributed by atoms with Crippen molar-refractivity contribution >= 4 is 57.5 Å². The molecule has 1 aliphatic carbocycles. The molecule has 0 bridgehead atoms. The van der Waals surface area contributed by atoms with E-state index >= 15 is 0 Å². The number of carbonyl (C=O) groups excluding carboxylic acids is 3. The lowest BCUT2D eigenvalue weighted by Crippen LogP contribution is -2.16. The number of aryl methyl sites for hydroxylation is 1. The molecule has 0 radical (unpaired) electrons. The standard InChI is InChI=1S/C24H26N2O6S2/c1-2-32-24(31)22-17-9-4-3-5-10-18(17)34-23(22)26-20(28)14-33-16-8-6-7-15(13-16)25-19(27)11-12-21(29)30/h6-8,11-13H,2-5,9-10,14H2,1H3,(H,25,27)(H,26,28)(H,29,30)/b12-11+. The molecule has 0 unspecified atom stereocenters. The van der Waals surface area contributed by atoms with E-state index in [4.69, 9.17) is 9.84 Å². The van der Waals surface area contributed by atoms with Crippen LogP contribution in [0, 0.1) is 0 Å². The van der Waals surface area contributed by atoms with Crippen molar-refractivity contribution in [1.82, 2.24) is 0 Å². The molecule has 3 rings (SSSR count). The van der Waals surface area contributed by atoms with Crippen LogP contribution in [0.4, 0.5) is 10.7 Å². The van der Waals surface area contributed by atoms with Gasteiger partial charge in [0.1, 0.15) is 5.00 Å². The van der Waals surface area contributed by atoms with E-state index in [1.54, 1.807) is 31.2 Å². The van der Waals surface area contributed by atoms with Crippen LogP contribution in [0.15, 0.2) is 41.3 Å². The first-order valence-electron chi connectivity index (χ1n) is 10.9. The van der Waals surface area contributed by atoms with Crippen LogP contribution in [-0.2, 0) is 32.0 Å². The zero-order valence-corrected chi connectivity index (χ0v) is 20.4. The third-order valence-electron chi connectivity index (χ3n) is 5.00. The van der Waals surface area contributed by atoms with Gasteiger partial charge < -0.3 is 20.5 Å². The van der Waals surface area contributed by atoms with Crippen LogP contribution in [0.1, 0.15) is 47.0 Å². The fourth-order valence-electron chi connectivity index (χ4n) is 3.56. The van der Waals surface area contributed by atoms with Gasteiger partial charge in [-0.3, -0.25) is 9.59 Å². The van der Waals surface area contributed by atoms with Crippen LogP contribution in [0.2, 0.25) is 0 Å². The number of aliphatic carboxylic acids is 1. The molecule has 1 aromatic carbocycles. The monoisotopic (exact) mass is 502 g/mol. The molecule has 0 spiro atoms. The van der Waals surface area contributed by atoms with E-state index in [0.29, 0.717) is 16.3 Å². The van der Waals surface area contributed by atoms with Crippen molar-refractivity contribution in [2.45, 2.75) is 43.9 Å². The van der Waals surface area contributed by atoms with Gasteiger partial charge in [0.2, 0.25) is 11.8 Å². The predicted octanol–water partition coefficient (Wildman–Crippen LogP) is 4.50. The third kappa shape index (κ3) is 7.19. The highest BCUT2D eigenvalue weighted by Gasteiger charge is 2.26. The minimum absolute atomic E-state index is 0.112. The molecule has 0 fully saturated rings. The van der Waals surface area contributed by atoms with Crippen molar-refractivity contribution in [1.29, 1.82) is 0 Å². The molecule has 2 aromatic rings. The number of fused-ring (bicyclic) bond motifs is 1. The van der Waals surface area contributed by atoms with Crippen LogP contribution >= 0.6 is 23.1 Å². The number of carboxylic acid groups (broad SMARTS) is 1.